The molecular weight excluding hydrogens is 462 g/mol. The number of Topliss-reactive ketones (excluding diaryl/α,β-unsaturated/α-hetero) is 1. The summed E-state index contributed by atoms with van der Waals surface area (Å²) in [6, 6.07) is 6.70. The molecule has 2 heterocycles. The molecule has 3 rings (SSSR count). The van der Waals surface area contributed by atoms with Gasteiger partial charge in [0.2, 0.25) is 11.8 Å². The Kier molecular flexibility index (Phi) is 8.49. The van der Waals surface area contributed by atoms with Crippen LogP contribution < -0.4 is 5.32 Å². The summed E-state index contributed by atoms with van der Waals surface area (Å²) in [5.74, 6) is -0.745. The van der Waals surface area contributed by atoms with Crippen LogP contribution in [0.5, 0.6) is 0 Å². The zero-order valence-electron chi connectivity index (χ0n) is 21.5. The predicted octanol–water partition coefficient (Wildman–Crippen LogP) is 3.77. The van der Waals surface area contributed by atoms with Crippen molar-refractivity contribution in [3.63, 3.8) is 0 Å². The number of β-amino-alcohol motifs (C(OH)–C–C–N with tert-alkyl or cyclic N) is 1. The van der Waals surface area contributed by atoms with Gasteiger partial charge in [-0.3, -0.25) is 14.4 Å². The number of likely N-dealkylation sites (tertiary alicyclic amines) is 1. The fourth-order valence-electron chi connectivity index (χ4n) is 4.25. The van der Waals surface area contributed by atoms with Crippen LogP contribution in [0.4, 0.5) is 0 Å². The van der Waals surface area contributed by atoms with Crippen LogP contribution in [0.1, 0.15) is 58.7 Å². The molecule has 7 nitrogen and oxygen atoms in total. The highest BCUT2D eigenvalue weighted by atomic mass is 32.1. The first-order valence-electron chi connectivity index (χ1n) is 12.2. The van der Waals surface area contributed by atoms with Crippen LogP contribution in [0.15, 0.2) is 29.8 Å². The van der Waals surface area contributed by atoms with Crippen molar-refractivity contribution >= 4 is 28.9 Å². The van der Waals surface area contributed by atoms with E-state index >= 15 is 0 Å². The first-order valence-corrected chi connectivity index (χ1v) is 13.1. The van der Waals surface area contributed by atoms with Gasteiger partial charge in [0, 0.05) is 24.8 Å². The van der Waals surface area contributed by atoms with E-state index in [9.17, 15) is 19.5 Å². The molecule has 1 aromatic heterocycles. The van der Waals surface area contributed by atoms with Gasteiger partial charge in [-0.05, 0) is 30.4 Å². The predicted molar refractivity (Wildman–Crippen MR) is 138 cm³/mol. The van der Waals surface area contributed by atoms with Crippen molar-refractivity contribution in [1.29, 1.82) is 0 Å². The Labute approximate surface area is 212 Å². The summed E-state index contributed by atoms with van der Waals surface area (Å²) in [6.45, 7) is 11.2. The molecule has 0 aliphatic carbocycles. The molecule has 3 atom stereocenters. The number of carbonyl (C=O) groups excluding carboxylic acids is 3. The number of hydrogen-bond donors (Lipinski definition) is 2. The zero-order chi connectivity index (χ0) is 25.9. The molecule has 35 heavy (non-hydrogen) atoms. The molecule has 0 bridgehead atoms. The van der Waals surface area contributed by atoms with E-state index in [1.807, 2.05) is 50.5 Å². The number of benzene rings is 1. The van der Waals surface area contributed by atoms with E-state index in [2.05, 4.69) is 10.3 Å². The highest BCUT2D eigenvalue weighted by Gasteiger charge is 2.42. The molecule has 0 saturated carbocycles. The van der Waals surface area contributed by atoms with Crippen LogP contribution in [0, 0.1) is 18.3 Å². The SMILES string of the molecule is Cc1ncsc1-c1ccc(CCC(=O)C2CC(O)CN2C(=O)C(NC(=O)C(C)(C)C)C(C)C)cc1. The fourth-order valence-corrected chi connectivity index (χ4v) is 5.06. The van der Waals surface area contributed by atoms with E-state index in [4.69, 9.17) is 0 Å². The maximum Gasteiger partial charge on any atom is 0.246 e. The smallest absolute Gasteiger partial charge is 0.246 e. The van der Waals surface area contributed by atoms with Gasteiger partial charge in [-0.2, -0.15) is 0 Å². The number of hydrogen-bond acceptors (Lipinski definition) is 6. The second-order valence-corrected chi connectivity index (χ2v) is 11.6. The van der Waals surface area contributed by atoms with Crippen LogP contribution in [0.25, 0.3) is 10.4 Å². The van der Waals surface area contributed by atoms with Gasteiger partial charge in [-0.25, -0.2) is 4.98 Å². The third kappa shape index (κ3) is 6.55. The van der Waals surface area contributed by atoms with Gasteiger partial charge in [0.1, 0.15) is 6.04 Å². The van der Waals surface area contributed by atoms with E-state index in [0.717, 1.165) is 21.7 Å². The lowest BCUT2D eigenvalue weighted by Gasteiger charge is -2.32. The minimum atomic E-state index is -0.749. The molecule has 1 aromatic carbocycles. The number of nitrogens with zero attached hydrogens (tertiary/aromatic N) is 2. The second kappa shape index (κ2) is 11.0. The number of rotatable bonds is 8. The van der Waals surface area contributed by atoms with Gasteiger partial charge in [0.25, 0.3) is 0 Å². The number of aliphatic hydroxyl groups is 1. The second-order valence-electron chi connectivity index (χ2n) is 10.8. The van der Waals surface area contributed by atoms with Gasteiger partial charge in [-0.15, -0.1) is 11.3 Å². The first kappa shape index (κ1) is 27.0. The first-order chi connectivity index (χ1) is 16.4. The van der Waals surface area contributed by atoms with E-state index in [0.29, 0.717) is 6.42 Å². The number of amides is 2. The van der Waals surface area contributed by atoms with Crippen molar-refractivity contribution in [3.05, 3.63) is 41.0 Å². The van der Waals surface area contributed by atoms with Crippen LogP contribution in [0.3, 0.4) is 0 Å². The van der Waals surface area contributed by atoms with Crippen molar-refractivity contribution in [2.75, 3.05) is 6.54 Å². The fraction of sp³-hybridized carbons (Fsp3) is 0.556. The summed E-state index contributed by atoms with van der Waals surface area (Å²) < 4.78 is 0. The molecule has 1 aliphatic rings. The van der Waals surface area contributed by atoms with Gasteiger partial charge in [-0.1, -0.05) is 58.9 Å². The Balaban J connectivity index is 1.66. The number of aromatic nitrogens is 1. The van der Waals surface area contributed by atoms with Crippen molar-refractivity contribution in [1.82, 2.24) is 15.2 Å². The van der Waals surface area contributed by atoms with Gasteiger partial charge < -0.3 is 15.3 Å². The van der Waals surface area contributed by atoms with Gasteiger partial charge >= 0.3 is 0 Å². The monoisotopic (exact) mass is 499 g/mol. The highest BCUT2D eigenvalue weighted by molar-refractivity contribution is 7.13. The molecule has 2 N–H and O–H groups in total. The summed E-state index contributed by atoms with van der Waals surface area (Å²) in [5.41, 5.74) is 4.34. The van der Waals surface area contributed by atoms with E-state index < -0.39 is 23.6 Å². The normalized spacial score (nSPS) is 19.1. The lowest BCUT2D eigenvalue weighted by atomic mass is 9.93. The molecule has 1 fully saturated rings. The largest absolute Gasteiger partial charge is 0.391 e. The molecule has 1 saturated heterocycles. The minimum absolute atomic E-state index is 0.0677. The van der Waals surface area contributed by atoms with E-state index in [1.54, 1.807) is 32.1 Å². The number of aryl methyl sites for hydroxylation is 2. The highest BCUT2D eigenvalue weighted by Crippen LogP contribution is 2.28. The van der Waals surface area contributed by atoms with E-state index in [1.165, 1.54) is 4.90 Å². The Morgan fingerprint density at radius 1 is 1.20 bits per heavy atom. The van der Waals surface area contributed by atoms with Crippen molar-refractivity contribution in [2.45, 2.75) is 79.0 Å². The third-order valence-electron chi connectivity index (χ3n) is 6.46. The summed E-state index contributed by atoms with van der Waals surface area (Å²) in [5, 5.41) is 13.1. The van der Waals surface area contributed by atoms with Crippen LogP contribution in [-0.2, 0) is 20.8 Å². The maximum absolute atomic E-state index is 13.4. The van der Waals surface area contributed by atoms with Crippen molar-refractivity contribution in [3.8, 4) is 10.4 Å². The number of carbonyl (C=O) groups is 3. The third-order valence-corrected chi connectivity index (χ3v) is 7.43. The summed E-state index contributed by atoms with van der Waals surface area (Å²) >= 11 is 1.60. The Morgan fingerprint density at radius 2 is 1.86 bits per heavy atom. The Morgan fingerprint density at radius 3 is 2.40 bits per heavy atom. The average Bonchev–Trinajstić information content (AvgIpc) is 3.40. The number of nitrogens with one attached hydrogen (secondary N) is 1. The molecule has 3 unspecified atom stereocenters. The lowest BCUT2D eigenvalue weighted by molar-refractivity contribution is -0.143. The summed E-state index contributed by atoms with van der Waals surface area (Å²) in [4.78, 5) is 46.0. The Bertz CT molecular complexity index is 1060. The van der Waals surface area contributed by atoms with Crippen LogP contribution in [0.2, 0.25) is 0 Å². The molecule has 2 aromatic rings. The number of thiazole rings is 1. The topological polar surface area (TPSA) is 99.6 Å². The number of ketones is 1. The van der Waals surface area contributed by atoms with Gasteiger partial charge in [0.05, 0.1) is 28.2 Å². The lowest BCUT2D eigenvalue weighted by Crippen LogP contribution is -2.55. The number of aliphatic hydroxyl groups excluding tert-OH is 1. The molecular formula is C27H37N3O4S. The average molecular weight is 500 g/mol. The van der Waals surface area contributed by atoms with Gasteiger partial charge in [0.15, 0.2) is 5.78 Å². The van der Waals surface area contributed by atoms with E-state index in [-0.39, 0.29) is 42.9 Å². The molecule has 190 valence electrons. The molecule has 0 spiro atoms. The van der Waals surface area contributed by atoms with Crippen molar-refractivity contribution in [2.24, 2.45) is 11.3 Å². The molecule has 0 radical (unpaired) electrons. The zero-order valence-corrected chi connectivity index (χ0v) is 22.3. The van der Waals surface area contributed by atoms with Crippen LogP contribution in [-0.4, -0.2) is 57.3 Å². The maximum atomic E-state index is 13.4. The molecule has 1 aliphatic heterocycles. The van der Waals surface area contributed by atoms with Crippen molar-refractivity contribution < 1.29 is 19.5 Å². The standard InChI is InChI=1S/C27H37N3O4S/c1-16(2)23(29-26(34)27(4,5)6)25(33)30-14-20(31)13-21(30)22(32)12-9-18-7-10-19(11-8-18)24-17(3)28-15-35-24/h7-8,10-11,15-16,20-21,23,31H,9,12-14H2,1-6H3,(H,29,34). The Hall–Kier alpha value is -2.58. The quantitative estimate of drug-likeness (QED) is 0.576. The summed E-state index contributed by atoms with van der Waals surface area (Å²) in [6.07, 6.45) is 0.317. The molecule has 8 heteroatoms. The van der Waals surface area contributed by atoms with Crippen LogP contribution >= 0.6 is 11.3 Å². The molecule has 2 amide bonds. The minimum Gasteiger partial charge on any atom is -0.391 e. The summed E-state index contributed by atoms with van der Waals surface area (Å²) in [7, 11) is 0.